The van der Waals surface area contributed by atoms with Crippen LogP contribution in [-0.4, -0.2) is 10.2 Å². The molecule has 0 amide bonds. The zero-order valence-electron chi connectivity index (χ0n) is 6.48. The van der Waals surface area contributed by atoms with Crippen molar-refractivity contribution in [3.63, 3.8) is 0 Å². The van der Waals surface area contributed by atoms with Crippen LogP contribution in [0, 0.1) is 3.57 Å². The highest BCUT2D eigenvalue weighted by Crippen LogP contribution is 2.26. The summed E-state index contributed by atoms with van der Waals surface area (Å²) in [5.74, 6) is 0.819. The lowest BCUT2D eigenvalue weighted by atomic mass is 10.3. The van der Waals surface area contributed by atoms with E-state index in [1.54, 1.807) is 5.51 Å². The highest BCUT2D eigenvalue weighted by Gasteiger charge is 2.02. The molecule has 1 aromatic carbocycles. The SMILES string of the molecule is Ic1ccccc1Oc1nncs1. The molecule has 0 atom stereocenters. The Morgan fingerprint density at radius 2 is 2.15 bits per heavy atom. The van der Waals surface area contributed by atoms with Gasteiger partial charge in [0.05, 0.1) is 3.57 Å². The summed E-state index contributed by atoms with van der Waals surface area (Å²) in [6.07, 6.45) is 0. The number of aromatic nitrogens is 2. The molecule has 3 nitrogen and oxygen atoms in total. The second-order valence-corrected chi connectivity index (χ2v) is 4.20. The Morgan fingerprint density at radius 3 is 2.85 bits per heavy atom. The molecule has 0 N–H and O–H groups in total. The topological polar surface area (TPSA) is 35.0 Å². The molecule has 5 heteroatoms. The van der Waals surface area contributed by atoms with Crippen molar-refractivity contribution >= 4 is 33.9 Å². The van der Waals surface area contributed by atoms with Crippen molar-refractivity contribution in [3.05, 3.63) is 33.3 Å². The highest BCUT2D eigenvalue weighted by molar-refractivity contribution is 14.1. The van der Waals surface area contributed by atoms with E-state index in [2.05, 4.69) is 32.8 Å². The minimum Gasteiger partial charge on any atom is -0.429 e. The second kappa shape index (κ2) is 4.01. The number of hydrogen-bond donors (Lipinski definition) is 0. The van der Waals surface area contributed by atoms with Gasteiger partial charge in [-0.1, -0.05) is 28.6 Å². The summed E-state index contributed by atoms with van der Waals surface area (Å²) < 4.78 is 6.55. The number of rotatable bonds is 2. The molecular formula is C8H5IN2OS. The van der Waals surface area contributed by atoms with Crippen molar-refractivity contribution in [2.45, 2.75) is 0 Å². The third kappa shape index (κ3) is 2.16. The predicted molar refractivity (Wildman–Crippen MR) is 59.1 cm³/mol. The van der Waals surface area contributed by atoms with E-state index < -0.39 is 0 Å². The van der Waals surface area contributed by atoms with Gasteiger partial charge in [0.2, 0.25) is 0 Å². The van der Waals surface area contributed by atoms with Crippen LogP contribution in [0.3, 0.4) is 0 Å². The molecule has 0 spiro atoms. The lowest BCUT2D eigenvalue weighted by molar-refractivity contribution is 0.470. The van der Waals surface area contributed by atoms with Gasteiger partial charge in [-0.2, -0.15) is 0 Å². The number of hydrogen-bond acceptors (Lipinski definition) is 4. The summed E-state index contributed by atoms with van der Waals surface area (Å²) in [7, 11) is 0. The minimum absolute atomic E-state index is 0.573. The van der Waals surface area contributed by atoms with Gasteiger partial charge in [-0.3, -0.25) is 0 Å². The van der Waals surface area contributed by atoms with Gasteiger partial charge in [0, 0.05) is 0 Å². The highest BCUT2D eigenvalue weighted by atomic mass is 127. The van der Waals surface area contributed by atoms with E-state index in [0.29, 0.717) is 5.19 Å². The maximum atomic E-state index is 5.49. The van der Waals surface area contributed by atoms with Gasteiger partial charge in [0.15, 0.2) is 0 Å². The van der Waals surface area contributed by atoms with E-state index in [1.807, 2.05) is 24.3 Å². The first-order valence-corrected chi connectivity index (χ1v) is 5.50. The average molecular weight is 304 g/mol. The van der Waals surface area contributed by atoms with Crippen LogP contribution in [0.15, 0.2) is 29.8 Å². The largest absolute Gasteiger partial charge is 0.429 e. The van der Waals surface area contributed by atoms with Crippen LogP contribution in [0.2, 0.25) is 0 Å². The molecule has 0 bridgehead atoms. The van der Waals surface area contributed by atoms with Gasteiger partial charge >= 0.3 is 0 Å². The molecule has 2 rings (SSSR count). The van der Waals surface area contributed by atoms with Gasteiger partial charge < -0.3 is 4.74 Å². The maximum absolute atomic E-state index is 5.49. The second-order valence-electron chi connectivity index (χ2n) is 2.24. The van der Waals surface area contributed by atoms with Crippen molar-refractivity contribution in [1.29, 1.82) is 0 Å². The molecule has 0 unspecified atom stereocenters. The lowest BCUT2D eigenvalue weighted by Gasteiger charge is -2.01. The fourth-order valence-corrected chi connectivity index (χ4v) is 1.74. The number of para-hydroxylation sites is 1. The van der Waals surface area contributed by atoms with Crippen LogP contribution in [0.4, 0.5) is 0 Å². The molecule has 13 heavy (non-hydrogen) atoms. The summed E-state index contributed by atoms with van der Waals surface area (Å²) in [6, 6.07) is 7.79. The Bertz CT molecular complexity index is 391. The third-order valence-electron chi connectivity index (χ3n) is 1.37. The summed E-state index contributed by atoms with van der Waals surface area (Å²) in [6.45, 7) is 0. The summed E-state index contributed by atoms with van der Waals surface area (Å²) in [5, 5.41) is 8.06. The standard InChI is InChI=1S/C8H5IN2OS/c9-6-3-1-2-4-7(6)12-8-11-10-5-13-8/h1-5H. The van der Waals surface area contributed by atoms with E-state index in [0.717, 1.165) is 9.32 Å². The molecule has 0 saturated heterocycles. The average Bonchev–Trinajstić information content (AvgIpc) is 2.61. The molecule has 1 aromatic heterocycles. The fourth-order valence-electron chi connectivity index (χ4n) is 0.829. The van der Waals surface area contributed by atoms with Gasteiger partial charge in [0.1, 0.15) is 11.3 Å². The van der Waals surface area contributed by atoms with Crippen molar-refractivity contribution in [2.24, 2.45) is 0 Å². The molecule has 0 aliphatic rings. The number of benzene rings is 1. The van der Waals surface area contributed by atoms with Crippen molar-refractivity contribution in [2.75, 3.05) is 0 Å². The van der Waals surface area contributed by atoms with Crippen LogP contribution < -0.4 is 4.74 Å². The van der Waals surface area contributed by atoms with E-state index in [9.17, 15) is 0 Å². The maximum Gasteiger partial charge on any atom is 0.299 e. The van der Waals surface area contributed by atoms with Crippen molar-refractivity contribution in [3.8, 4) is 10.9 Å². The van der Waals surface area contributed by atoms with Crippen LogP contribution >= 0.6 is 33.9 Å². The Morgan fingerprint density at radius 1 is 1.31 bits per heavy atom. The molecule has 0 saturated carbocycles. The molecule has 66 valence electrons. The Labute approximate surface area is 92.9 Å². The molecule has 0 fully saturated rings. The first-order chi connectivity index (χ1) is 6.36. The zero-order chi connectivity index (χ0) is 9.10. The summed E-state index contributed by atoms with van der Waals surface area (Å²) in [4.78, 5) is 0. The fraction of sp³-hybridized carbons (Fsp3) is 0. The van der Waals surface area contributed by atoms with Gasteiger partial charge in [-0.05, 0) is 34.7 Å². The van der Waals surface area contributed by atoms with E-state index in [1.165, 1.54) is 11.3 Å². The van der Waals surface area contributed by atoms with Crippen LogP contribution in [0.25, 0.3) is 0 Å². The van der Waals surface area contributed by atoms with Crippen molar-refractivity contribution in [1.82, 2.24) is 10.2 Å². The molecule has 1 heterocycles. The smallest absolute Gasteiger partial charge is 0.299 e. The van der Waals surface area contributed by atoms with Gasteiger partial charge in [-0.25, -0.2) is 0 Å². The molecule has 0 radical (unpaired) electrons. The minimum atomic E-state index is 0.573. The van der Waals surface area contributed by atoms with E-state index in [4.69, 9.17) is 4.74 Å². The third-order valence-corrected chi connectivity index (χ3v) is 2.83. The lowest BCUT2D eigenvalue weighted by Crippen LogP contribution is -1.85. The number of ether oxygens (including phenoxy) is 1. The Balaban J connectivity index is 2.24. The van der Waals surface area contributed by atoms with E-state index >= 15 is 0 Å². The van der Waals surface area contributed by atoms with Crippen LogP contribution in [0.1, 0.15) is 0 Å². The first kappa shape index (κ1) is 8.89. The van der Waals surface area contributed by atoms with Crippen molar-refractivity contribution < 1.29 is 4.74 Å². The Kier molecular flexibility index (Phi) is 2.74. The van der Waals surface area contributed by atoms with Gasteiger partial charge in [-0.15, -0.1) is 5.10 Å². The zero-order valence-corrected chi connectivity index (χ0v) is 9.45. The van der Waals surface area contributed by atoms with Crippen LogP contribution in [-0.2, 0) is 0 Å². The van der Waals surface area contributed by atoms with Gasteiger partial charge in [0.25, 0.3) is 5.19 Å². The quantitative estimate of drug-likeness (QED) is 0.800. The van der Waals surface area contributed by atoms with Crippen LogP contribution in [0.5, 0.6) is 10.9 Å². The summed E-state index contributed by atoms with van der Waals surface area (Å²) >= 11 is 3.60. The number of halogens is 1. The monoisotopic (exact) mass is 304 g/mol. The normalized spacial score (nSPS) is 9.92. The molecular weight excluding hydrogens is 299 g/mol. The molecule has 0 aliphatic heterocycles. The Hall–Kier alpha value is -0.690. The number of nitrogens with zero attached hydrogens (tertiary/aromatic N) is 2. The predicted octanol–water partition coefficient (Wildman–Crippen LogP) is 2.94. The van der Waals surface area contributed by atoms with E-state index in [-0.39, 0.29) is 0 Å². The molecule has 2 aromatic rings. The molecule has 0 aliphatic carbocycles. The summed E-state index contributed by atoms with van der Waals surface area (Å²) in [5.41, 5.74) is 1.64. The first-order valence-electron chi connectivity index (χ1n) is 3.55.